The third kappa shape index (κ3) is 9.61. The Morgan fingerprint density at radius 3 is 1.94 bits per heavy atom. The standard InChI is InChI=1S/C28H45N3O2/c1-6-7-8-9-10-11-12-13-14-15-17-23-20-26(31-33-23)29-28(32)30-27-24(21(2)3)18-16-19-25(27)22(4)5/h16,18-22H,6-15,17H2,1-5H3,(H2,29,30,31,32). The van der Waals surface area contributed by atoms with Crippen LogP contribution in [0.3, 0.4) is 0 Å². The molecule has 1 aromatic carbocycles. The number of nitrogens with one attached hydrogen (secondary N) is 2. The van der Waals surface area contributed by atoms with Gasteiger partial charge in [-0.25, -0.2) is 4.79 Å². The van der Waals surface area contributed by atoms with Crippen molar-refractivity contribution in [1.82, 2.24) is 5.16 Å². The van der Waals surface area contributed by atoms with Crippen molar-refractivity contribution >= 4 is 17.5 Å². The molecule has 0 aliphatic rings. The largest absolute Gasteiger partial charge is 0.359 e. The summed E-state index contributed by atoms with van der Waals surface area (Å²) in [5.41, 5.74) is 3.17. The minimum Gasteiger partial charge on any atom is -0.359 e. The molecule has 0 spiro atoms. The molecule has 2 aromatic rings. The molecule has 184 valence electrons. The highest BCUT2D eigenvalue weighted by Crippen LogP contribution is 2.32. The summed E-state index contributed by atoms with van der Waals surface area (Å²) < 4.78 is 5.43. The van der Waals surface area contributed by atoms with E-state index in [4.69, 9.17) is 4.52 Å². The summed E-state index contributed by atoms with van der Waals surface area (Å²) in [5.74, 6) is 1.93. The molecule has 0 aliphatic heterocycles. The van der Waals surface area contributed by atoms with Crippen LogP contribution in [0.2, 0.25) is 0 Å². The number of para-hydroxylation sites is 1. The van der Waals surface area contributed by atoms with E-state index < -0.39 is 0 Å². The van der Waals surface area contributed by atoms with E-state index in [0.717, 1.165) is 35.4 Å². The first-order valence-corrected chi connectivity index (χ1v) is 13.1. The number of hydrogen-bond acceptors (Lipinski definition) is 3. The number of benzene rings is 1. The second-order valence-corrected chi connectivity index (χ2v) is 9.81. The number of carbonyl (C=O) groups is 1. The van der Waals surface area contributed by atoms with E-state index in [1.165, 1.54) is 57.8 Å². The number of amides is 2. The van der Waals surface area contributed by atoms with Gasteiger partial charge in [-0.15, -0.1) is 0 Å². The molecule has 0 bridgehead atoms. The number of hydrogen-bond donors (Lipinski definition) is 2. The van der Waals surface area contributed by atoms with Gasteiger partial charge < -0.3 is 9.84 Å². The van der Waals surface area contributed by atoms with Gasteiger partial charge in [0.2, 0.25) is 0 Å². The molecule has 0 saturated heterocycles. The average molecular weight is 456 g/mol. The molecule has 5 nitrogen and oxygen atoms in total. The lowest BCUT2D eigenvalue weighted by molar-refractivity contribution is 0.262. The maximum atomic E-state index is 12.7. The zero-order valence-electron chi connectivity index (χ0n) is 21.5. The van der Waals surface area contributed by atoms with Gasteiger partial charge in [0.15, 0.2) is 5.82 Å². The maximum absolute atomic E-state index is 12.7. The van der Waals surface area contributed by atoms with E-state index in [1.807, 2.05) is 6.07 Å². The number of carbonyl (C=O) groups excluding carboxylic acids is 1. The highest BCUT2D eigenvalue weighted by molar-refractivity contribution is 6.00. The van der Waals surface area contributed by atoms with E-state index in [2.05, 4.69) is 68.6 Å². The van der Waals surface area contributed by atoms with Crippen LogP contribution in [-0.2, 0) is 6.42 Å². The van der Waals surface area contributed by atoms with Crippen LogP contribution in [0.5, 0.6) is 0 Å². The van der Waals surface area contributed by atoms with Gasteiger partial charge in [-0.05, 0) is 29.4 Å². The molecular weight excluding hydrogens is 410 g/mol. The Labute approximate surface area is 201 Å². The predicted octanol–water partition coefficient (Wildman–Crippen LogP) is 9.03. The van der Waals surface area contributed by atoms with Crippen molar-refractivity contribution in [2.75, 3.05) is 10.6 Å². The fraction of sp³-hybridized carbons (Fsp3) is 0.643. The van der Waals surface area contributed by atoms with Gasteiger partial charge in [0.1, 0.15) is 5.76 Å². The number of anilines is 2. The average Bonchev–Trinajstić information content (AvgIpc) is 3.21. The molecule has 0 saturated carbocycles. The molecule has 2 N–H and O–H groups in total. The van der Waals surface area contributed by atoms with Crippen LogP contribution in [0.1, 0.15) is 128 Å². The van der Waals surface area contributed by atoms with Crippen molar-refractivity contribution in [3.8, 4) is 0 Å². The number of urea groups is 1. The predicted molar refractivity (Wildman–Crippen MR) is 139 cm³/mol. The fourth-order valence-electron chi connectivity index (χ4n) is 4.23. The molecular formula is C28H45N3O2. The van der Waals surface area contributed by atoms with Gasteiger partial charge in [-0.1, -0.05) is 116 Å². The lowest BCUT2D eigenvalue weighted by atomic mass is 9.93. The smallest absolute Gasteiger partial charge is 0.324 e. The molecule has 1 aromatic heterocycles. The molecule has 0 aliphatic carbocycles. The van der Waals surface area contributed by atoms with Gasteiger partial charge >= 0.3 is 6.03 Å². The SMILES string of the molecule is CCCCCCCCCCCCc1cc(NC(=O)Nc2c(C(C)C)cccc2C(C)C)no1. The third-order valence-corrected chi connectivity index (χ3v) is 6.19. The van der Waals surface area contributed by atoms with Crippen molar-refractivity contribution in [3.05, 3.63) is 41.2 Å². The first-order chi connectivity index (χ1) is 15.9. The van der Waals surface area contributed by atoms with Crippen LogP contribution in [-0.4, -0.2) is 11.2 Å². The van der Waals surface area contributed by atoms with E-state index in [0.29, 0.717) is 17.7 Å². The van der Waals surface area contributed by atoms with E-state index in [-0.39, 0.29) is 6.03 Å². The van der Waals surface area contributed by atoms with Crippen molar-refractivity contribution in [2.24, 2.45) is 0 Å². The number of nitrogens with zero attached hydrogens (tertiary/aromatic N) is 1. The summed E-state index contributed by atoms with van der Waals surface area (Å²) in [6.45, 7) is 10.8. The molecule has 2 rings (SSSR count). The topological polar surface area (TPSA) is 67.2 Å². The van der Waals surface area contributed by atoms with Crippen molar-refractivity contribution in [3.63, 3.8) is 0 Å². The maximum Gasteiger partial charge on any atom is 0.324 e. The Morgan fingerprint density at radius 1 is 0.848 bits per heavy atom. The van der Waals surface area contributed by atoms with Gasteiger partial charge in [-0.2, -0.15) is 0 Å². The highest BCUT2D eigenvalue weighted by atomic mass is 16.5. The van der Waals surface area contributed by atoms with Crippen molar-refractivity contribution < 1.29 is 9.32 Å². The van der Waals surface area contributed by atoms with Crippen LogP contribution in [0.4, 0.5) is 16.3 Å². The van der Waals surface area contributed by atoms with E-state index in [1.54, 1.807) is 0 Å². The molecule has 0 radical (unpaired) electrons. The minimum absolute atomic E-state index is 0.288. The van der Waals surface area contributed by atoms with Crippen LogP contribution in [0.25, 0.3) is 0 Å². The Hall–Kier alpha value is -2.30. The van der Waals surface area contributed by atoms with Crippen LogP contribution < -0.4 is 10.6 Å². The summed E-state index contributed by atoms with van der Waals surface area (Å²) in [6, 6.07) is 7.76. The number of rotatable bonds is 15. The monoisotopic (exact) mass is 455 g/mol. The third-order valence-electron chi connectivity index (χ3n) is 6.19. The van der Waals surface area contributed by atoms with Crippen LogP contribution in [0.15, 0.2) is 28.8 Å². The summed E-state index contributed by atoms with van der Waals surface area (Å²) in [4.78, 5) is 12.7. The zero-order valence-corrected chi connectivity index (χ0v) is 21.5. The van der Waals surface area contributed by atoms with Crippen LogP contribution in [0, 0.1) is 0 Å². The lowest BCUT2D eigenvalue weighted by Gasteiger charge is -2.20. The number of aryl methyl sites for hydroxylation is 1. The fourth-order valence-corrected chi connectivity index (χ4v) is 4.23. The summed E-state index contributed by atoms with van der Waals surface area (Å²) >= 11 is 0. The first-order valence-electron chi connectivity index (χ1n) is 13.1. The normalized spacial score (nSPS) is 11.4. The summed E-state index contributed by atoms with van der Waals surface area (Å²) in [5, 5.41) is 9.91. The van der Waals surface area contributed by atoms with Crippen LogP contribution >= 0.6 is 0 Å². The molecule has 2 amide bonds. The molecule has 1 heterocycles. The van der Waals surface area contributed by atoms with Gasteiger partial charge in [0, 0.05) is 18.2 Å². The van der Waals surface area contributed by atoms with Gasteiger partial charge in [-0.3, -0.25) is 5.32 Å². The Bertz CT molecular complexity index is 800. The summed E-state index contributed by atoms with van der Waals surface area (Å²) in [6.07, 6.45) is 14.0. The van der Waals surface area contributed by atoms with Crippen molar-refractivity contribution in [1.29, 1.82) is 0 Å². The Morgan fingerprint density at radius 2 is 1.39 bits per heavy atom. The van der Waals surface area contributed by atoms with Gasteiger partial charge in [0.25, 0.3) is 0 Å². The lowest BCUT2D eigenvalue weighted by Crippen LogP contribution is -2.22. The second-order valence-electron chi connectivity index (χ2n) is 9.81. The molecule has 0 atom stereocenters. The quantitative estimate of drug-likeness (QED) is 0.263. The first kappa shape index (κ1) is 26.9. The molecule has 0 fully saturated rings. The van der Waals surface area contributed by atoms with Crippen molar-refractivity contribution in [2.45, 2.75) is 117 Å². The molecule has 0 unspecified atom stereocenters. The minimum atomic E-state index is -0.288. The molecule has 33 heavy (non-hydrogen) atoms. The summed E-state index contributed by atoms with van der Waals surface area (Å²) in [7, 11) is 0. The number of aromatic nitrogens is 1. The zero-order chi connectivity index (χ0) is 24.1. The van der Waals surface area contributed by atoms with Gasteiger partial charge in [0.05, 0.1) is 0 Å². The molecule has 5 heteroatoms. The Kier molecular flexibility index (Phi) is 12.1. The Balaban J connectivity index is 1.75. The number of unbranched alkanes of at least 4 members (excludes halogenated alkanes) is 9. The van der Waals surface area contributed by atoms with E-state index in [9.17, 15) is 4.79 Å². The second kappa shape index (κ2) is 14.8. The highest BCUT2D eigenvalue weighted by Gasteiger charge is 2.16. The van der Waals surface area contributed by atoms with E-state index >= 15 is 0 Å².